The summed E-state index contributed by atoms with van der Waals surface area (Å²) in [6.07, 6.45) is 5.70. The van der Waals surface area contributed by atoms with Gasteiger partial charge in [-0.15, -0.1) is 0 Å². The van der Waals surface area contributed by atoms with Crippen LogP contribution in [0.2, 0.25) is 0 Å². The number of hydrogen-bond donors (Lipinski definition) is 2. The predicted molar refractivity (Wildman–Crippen MR) is 66.5 cm³/mol. The second-order valence-corrected chi connectivity index (χ2v) is 5.68. The fourth-order valence-corrected chi connectivity index (χ4v) is 1.97. The Labute approximate surface area is 103 Å². The standard InChI is InChI=1S/C13H24N2O2/c1-13(14,11-5-6-11)12(16)15-7-2-8-17-9-10-3-4-10/h10-11H,2-9,14H2,1H3,(H,15,16). The van der Waals surface area contributed by atoms with E-state index in [-0.39, 0.29) is 5.91 Å². The molecule has 0 aliphatic heterocycles. The Hall–Kier alpha value is -0.610. The quantitative estimate of drug-likeness (QED) is 0.623. The van der Waals surface area contributed by atoms with Gasteiger partial charge in [-0.3, -0.25) is 4.79 Å². The van der Waals surface area contributed by atoms with Crippen LogP contribution in [0.25, 0.3) is 0 Å². The number of nitrogens with one attached hydrogen (secondary N) is 1. The van der Waals surface area contributed by atoms with Gasteiger partial charge in [0.25, 0.3) is 0 Å². The van der Waals surface area contributed by atoms with E-state index in [1.54, 1.807) is 0 Å². The molecular formula is C13H24N2O2. The Bertz CT molecular complexity index is 271. The molecule has 3 N–H and O–H groups in total. The molecule has 0 aromatic rings. The Morgan fingerprint density at radius 2 is 2.12 bits per heavy atom. The third-order valence-corrected chi connectivity index (χ3v) is 3.72. The summed E-state index contributed by atoms with van der Waals surface area (Å²) >= 11 is 0. The molecule has 1 unspecified atom stereocenters. The van der Waals surface area contributed by atoms with Gasteiger partial charge in [0.2, 0.25) is 5.91 Å². The molecule has 0 saturated heterocycles. The smallest absolute Gasteiger partial charge is 0.240 e. The Morgan fingerprint density at radius 1 is 1.41 bits per heavy atom. The highest BCUT2D eigenvalue weighted by Crippen LogP contribution is 2.38. The Morgan fingerprint density at radius 3 is 2.71 bits per heavy atom. The van der Waals surface area contributed by atoms with Crippen LogP contribution in [0.1, 0.15) is 39.0 Å². The molecule has 98 valence electrons. The summed E-state index contributed by atoms with van der Waals surface area (Å²) in [5, 5.41) is 2.90. The number of carbonyl (C=O) groups is 1. The van der Waals surface area contributed by atoms with E-state index in [0.717, 1.165) is 38.4 Å². The van der Waals surface area contributed by atoms with Crippen molar-refractivity contribution in [2.75, 3.05) is 19.8 Å². The minimum absolute atomic E-state index is 0.0119. The van der Waals surface area contributed by atoms with Crippen molar-refractivity contribution in [3.8, 4) is 0 Å². The fraction of sp³-hybridized carbons (Fsp3) is 0.923. The van der Waals surface area contributed by atoms with Gasteiger partial charge in [0.15, 0.2) is 0 Å². The van der Waals surface area contributed by atoms with Gasteiger partial charge in [0.05, 0.1) is 5.54 Å². The second-order valence-electron chi connectivity index (χ2n) is 5.68. The van der Waals surface area contributed by atoms with E-state index in [1.165, 1.54) is 12.8 Å². The van der Waals surface area contributed by atoms with E-state index in [9.17, 15) is 4.79 Å². The monoisotopic (exact) mass is 240 g/mol. The van der Waals surface area contributed by atoms with Crippen LogP contribution in [-0.2, 0) is 9.53 Å². The molecule has 1 atom stereocenters. The van der Waals surface area contributed by atoms with E-state index in [2.05, 4.69) is 5.32 Å². The molecule has 2 saturated carbocycles. The SMILES string of the molecule is CC(N)(C(=O)NCCCOCC1CC1)C1CC1. The second kappa shape index (κ2) is 5.36. The van der Waals surface area contributed by atoms with Crippen LogP contribution >= 0.6 is 0 Å². The van der Waals surface area contributed by atoms with E-state index in [1.807, 2.05) is 6.92 Å². The maximum Gasteiger partial charge on any atom is 0.240 e. The highest BCUT2D eigenvalue weighted by atomic mass is 16.5. The lowest BCUT2D eigenvalue weighted by atomic mass is 9.96. The van der Waals surface area contributed by atoms with Crippen molar-refractivity contribution in [3.05, 3.63) is 0 Å². The number of hydrogen-bond acceptors (Lipinski definition) is 3. The number of nitrogens with two attached hydrogens (primary N) is 1. The first-order valence-electron chi connectivity index (χ1n) is 6.75. The summed E-state index contributed by atoms with van der Waals surface area (Å²) in [5.74, 6) is 1.18. The van der Waals surface area contributed by atoms with Gasteiger partial charge in [0.1, 0.15) is 0 Å². The molecule has 0 spiro atoms. The number of amides is 1. The van der Waals surface area contributed by atoms with Crippen LogP contribution in [-0.4, -0.2) is 31.2 Å². The van der Waals surface area contributed by atoms with Crippen molar-refractivity contribution in [2.45, 2.75) is 44.6 Å². The molecule has 17 heavy (non-hydrogen) atoms. The maximum absolute atomic E-state index is 11.8. The third-order valence-electron chi connectivity index (χ3n) is 3.72. The summed E-state index contributed by atoms with van der Waals surface area (Å²) in [6.45, 7) is 4.14. The number of carbonyl (C=O) groups excluding carboxylic acids is 1. The van der Waals surface area contributed by atoms with Gasteiger partial charge in [-0.2, -0.15) is 0 Å². The molecule has 2 aliphatic rings. The normalized spacial score (nSPS) is 23.2. The van der Waals surface area contributed by atoms with Gasteiger partial charge >= 0.3 is 0 Å². The van der Waals surface area contributed by atoms with Gasteiger partial charge in [-0.25, -0.2) is 0 Å². The highest BCUT2D eigenvalue weighted by molar-refractivity contribution is 5.86. The van der Waals surface area contributed by atoms with Crippen molar-refractivity contribution >= 4 is 5.91 Å². The highest BCUT2D eigenvalue weighted by Gasteiger charge is 2.43. The molecule has 0 radical (unpaired) electrons. The lowest BCUT2D eigenvalue weighted by Gasteiger charge is -2.23. The van der Waals surface area contributed by atoms with Crippen molar-refractivity contribution in [1.29, 1.82) is 0 Å². The summed E-state index contributed by atoms with van der Waals surface area (Å²) in [5.41, 5.74) is 5.34. The first kappa shape index (κ1) is 12.8. The molecule has 0 aromatic heterocycles. The minimum Gasteiger partial charge on any atom is -0.381 e. The molecular weight excluding hydrogens is 216 g/mol. The van der Waals surface area contributed by atoms with Crippen LogP contribution in [0, 0.1) is 11.8 Å². The average Bonchev–Trinajstić information content (AvgIpc) is 3.16. The van der Waals surface area contributed by atoms with E-state index in [0.29, 0.717) is 12.5 Å². The maximum atomic E-state index is 11.8. The molecule has 1 amide bonds. The average molecular weight is 240 g/mol. The van der Waals surface area contributed by atoms with Crippen molar-refractivity contribution < 1.29 is 9.53 Å². The van der Waals surface area contributed by atoms with Crippen LogP contribution in [0.3, 0.4) is 0 Å². The first-order chi connectivity index (χ1) is 8.10. The number of rotatable bonds is 8. The van der Waals surface area contributed by atoms with Crippen LogP contribution in [0.4, 0.5) is 0 Å². The molecule has 2 fully saturated rings. The molecule has 0 aromatic carbocycles. The minimum atomic E-state index is -0.672. The topological polar surface area (TPSA) is 64.4 Å². The fourth-order valence-electron chi connectivity index (χ4n) is 1.97. The largest absolute Gasteiger partial charge is 0.381 e. The van der Waals surface area contributed by atoms with Crippen LogP contribution in [0.5, 0.6) is 0 Å². The summed E-state index contributed by atoms with van der Waals surface area (Å²) in [6, 6.07) is 0. The summed E-state index contributed by atoms with van der Waals surface area (Å²) in [7, 11) is 0. The zero-order chi connectivity index (χ0) is 12.3. The summed E-state index contributed by atoms with van der Waals surface area (Å²) < 4.78 is 5.50. The Balaban J connectivity index is 1.50. The zero-order valence-electron chi connectivity index (χ0n) is 10.7. The van der Waals surface area contributed by atoms with Crippen LogP contribution in [0.15, 0.2) is 0 Å². The zero-order valence-corrected chi connectivity index (χ0v) is 10.7. The van der Waals surface area contributed by atoms with Gasteiger partial charge in [-0.1, -0.05) is 0 Å². The molecule has 2 aliphatic carbocycles. The van der Waals surface area contributed by atoms with Crippen LogP contribution < -0.4 is 11.1 Å². The van der Waals surface area contributed by atoms with Gasteiger partial charge < -0.3 is 15.8 Å². The first-order valence-corrected chi connectivity index (χ1v) is 6.75. The lowest BCUT2D eigenvalue weighted by Crippen LogP contribution is -2.53. The van der Waals surface area contributed by atoms with E-state index < -0.39 is 5.54 Å². The van der Waals surface area contributed by atoms with Crippen molar-refractivity contribution in [2.24, 2.45) is 17.6 Å². The predicted octanol–water partition coefficient (Wildman–Crippen LogP) is 1.05. The molecule has 2 rings (SSSR count). The summed E-state index contributed by atoms with van der Waals surface area (Å²) in [4.78, 5) is 11.8. The molecule has 0 heterocycles. The van der Waals surface area contributed by atoms with Gasteiger partial charge in [0, 0.05) is 19.8 Å². The Kier molecular flexibility index (Phi) is 4.05. The third kappa shape index (κ3) is 3.96. The van der Waals surface area contributed by atoms with E-state index in [4.69, 9.17) is 10.5 Å². The van der Waals surface area contributed by atoms with Crippen molar-refractivity contribution in [1.82, 2.24) is 5.32 Å². The number of ether oxygens (including phenoxy) is 1. The molecule has 4 heteroatoms. The van der Waals surface area contributed by atoms with E-state index >= 15 is 0 Å². The molecule has 0 bridgehead atoms. The van der Waals surface area contributed by atoms with Crippen molar-refractivity contribution in [3.63, 3.8) is 0 Å². The van der Waals surface area contributed by atoms with Gasteiger partial charge in [-0.05, 0) is 50.9 Å². The molecule has 4 nitrogen and oxygen atoms in total. The lowest BCUT2D eigenvalue weighted by molar-refractivity contribution is -0.126.